The lowest BCUT2D eigenvalue weighted by Gasteiger charge is -2.06. The number of hydrogen-bond acceptors (Lipinski definition) is 2. The molecule has 2 rings (SSSR count). The zero-order valence-corrected chi connectivity index (χ0v) is 14.4. The molecule has 0 aliphatic heterocycles. The minimum Gasteiger partial charge on any atom is -0.235 e. The third-order valence-corrected chi connectivity index (χ3v) is 3.85. The first-order chi connectivity index (χ1) is 10.5. The Bertz CT molecular complexity index is 711. The highest BCUT2D eigenvalue weighted by Gasteiger charge is 2.09. The van der Waals surface area contributed by atoms with Gasteiger partial charge in [-0.1, -0.05) is 23.2 Å². The fourth-order valence-corrected chi connectivity index (χ4v) is 2.55. The van der Waals surface area contributed by atoms with Crippen LogP contribution >= 0.6 is 23.2 Å². The van der Waals surface area contributed by atoms with Crippen molar-refractivity contribution in [1.29, 1.82) is 0 Å². The van der Waals surface area contributed by atoms with Crippen molar-refractivity contribution < 1.29 is 4.58 Å². The maximum absolute atomic E-state index is 6.23. The lowest BCUT2D eigenvalue weighted by atomic mass is 10.3. The molecule has 0 spiro atoms. The summed E-state index contributed by atoms with van der Waals surface area (Å²) in [5.74, 6) is 0.645. The van der Waals surface area contributed by atoms with Gasteiger partial charge in [0.05, 0.1) is 16.9 Å². The van der Waals surface area contributed by atoms with E-state index in [1.54, 1.807) is 23.0 Å². The summed E-state index contributed by atoms with van der Waals surface area (Å²) in [5, 5.41) is 5.63. The van der Waals surface area contributed by atoms with Crippen LogP contribution in [0, 0.1) is 6.92 Å². The lowest BCUT2D eigenvalue weighted by molar-refractivity contribution is -0.514. The minimum absolute atomic E-state index is 0.559. The molecule has 0 fully saturated rings. The molecular weight excluding hydrogens is 319 g/mol. The maximum atomic E-state index is 6.23. The van der Waals surface area contributed by atoms with Crippen molar-refractivity contribution in [3.8, 4) is 5.69 Å². The standard InChI is InChI=1S/C16H19Cl2N4/c1-4-21(5-2)9-8-19-16-10-12(3)22(20-16)15-7-6-13(17)11-14(15)18/h6-11H,4-5H2,1-3H3/q+1. The Balaban J connectivity index is 2.28. The van der Waals surface area contributed by atoms with Gasteiger partial charge in [-0.25, -0.2) is 14.2 Å². The van der Waals surface area contributed by atoms with Gasteiger partial charge in [-0.2, -0.15) is 0 Å². The third kappa shape index (κ3) is 3.96. The predicted octanol–water partition coefficient (Wildman–Crippen LogP) is 4.31. The van der Waals surface area contributed by atoms with Crippen LogP contribution in [0.5, 0.6) is 0 Å². The second-order valence-electron chi connectivity index (χ2n) is 4.80. The van der Waals surface area contributed by atoms with E-state index in [2.05, 4.69) is 28.5 Å². The van der Waals surface area contributed by atoms with Crippen LogP contribution in [0.1, 0.15) is 19.5 Å². The molecule has 0 unspecified atom stereocenters. The summed E-state index contributed by atoms with van der Waals surface area (Å²) in [7, 11) is 0. The number of benzene rings is 1. The number of nitrogens with zero attached hydrogens (tertiary/aromatic N) is 4. The van der Waals surface area contributed by atoms with Gasteiger partial charge in [-0.05, 0) is 39.0 Å². The van der Waals surface area contributed by atoms with E-state index in [4.69, 9.17) is 23.2 Å². The summed E-state index contributed by atoms with van der Waals surface area (Å²) < 4.78 is 3.92. The number of aryl methyl sites for hydroxylation is 1. The predicted molar refractivity (Wildman–Crippen MR) is 93.9 cm³/mol. The molecule has 0 atom stereocenters. The van der Waals surface area contributed by atoms with Crippen LogP contribution in [0.15, 0.2) is 29.3 Å². The molecule has 0 saturated carbocycles. The zero-order valence-electron chi connectivity index (χ0n) is 12.9. The van der Waals surface area contributed by atoms with E-state index in [0.717, 1.165) is 24.5 Å². The molecule has 0 amide bonds. The summed E-state index contributed by atoms with van der Waals surface area (Å²) in [6.45, 7) is 8.09. The first-order valence-electron chi connectivity index (χ1n) is 7.18. The van der Waals surface area contributed by atoms with E-state index in [9.17, 15) is 0 Å². The Morgan fingerprint density at radius 1 is 1.23 bits per heavy atom. The molecule has 1 aromatic carbocycles. The number of aliphatic imine (C=N–C) groups is 1. The molecule has 2 aromatic rings. The second kappa shape index (κ2) is 7.56. The molecule has 116 valence electrons. The molecule has 1 heterocycles. The second-order valence-corrected chi connectivity index (χ2v) is 5.64. The lowest BCUT2D eigenvalue weighted by Crippen LogP contribution is -2.12. The third-order valence-electron chi connectivity index (χ3n) is 3.31. The molecule has 0 bridgehead atoms. The van der Waals surface area contributed by atoms with Gasteiger partial charge in [-0.15, -0.1) is 5.10 Å². The zero-order chi connectivity index (χ0) is 16.1. The molecule has 4 nitrogen and oxygen atoms in total. The average molecular weight is 338 g/mol. The molecule has 0 saturated heterocycles. The van der Waals surface area contributed by atoms with Crippen LogP contribution in [-0.2, 0) is 0 Å². The van der Waals surface area contributed by atoms with Crippen LogP contribution in [0.2, 0.25) is 10.0 Å². The molecule has 6 heteroatoms. The smallest absolute Gasteiger partial charge is 0.181 e. The number of aromatic nitrogens is 2. The van der Waals surface area contributed by atoms with Crippen molar-refractivity contribution in [2.24, 2.45) is 4.99 Å². The van der Waals surface area contributed by atoms with Gasteiger partial charge in [0, 0.05) is 16.8 Å². The van der Waals surface area contributed by atoms with Crippen LogP contribution in [0.3, 0.4) is 0 Å². The van der Waals surface area contributed by atoms with Gasteiger partial charge in [0.25, 0.3) is 0 Å². The molecule has 22 heavy (non-hydrogen) atoms. The summed E-state index contributed by atoms with van der Waals surface area (Å²) in [4.78, 5) is 4.37. The highest BCUT2D eigenvalue weighted by Crippen LogP contribution is 2.26. The van der Waals surface area contributed by atoms with E-state index >= 15 is 0 Å². The van der Waals surface area contributed by atoms with E-state index < -0.39 is 0 Å². The largest absolute Gasteiger partial charge is 0.235 e. The van der Waals surface area contributed by atoms with Crippen molar-refractivity contribution in [2.45, 2.75) is 20.8 Å². The SMILES string of the molecule is CC[N+](=CC=Nc1cc(C)n(-c2ccc(Cl)cc2Cl)n1)CC. The van der Waals surface area contributed by atoms with Crippen LogP contribution in [-0.4, -0.2) is 39.9 Å². The number of halogens is 2. The normalized spacial score (nSPS) is 11.1. The quantitative estimate of drug-likeness (QED) is 0.591. The Morgan fingerprint density at radius 2 is 1.95 bits per heavy atom. The van der Waals surface area contributed by atoms with E-state index in [1.165, 1.54) is 0 Å². The van der Waals surface area contributed by atoms with Crippen molar-refractivity contribution in [2.75, 3.05) is 13.1 Å². The van der Waals surface area contributed by atoms with Gasteiger partial charge in [0.2, 0.25) is 0 Å². The van der Waals surface area contributed by atoms with E-state index in [1.807, 2.05) is 25.3 Å². The van der Waals surface area contributed by atoms with Crippen molar-refractivity contribution in [1.82, 2.24) is 9.78 Å². The molecule has 0 aliphatic carbocycles. The molecule has 0 aliphatic rings. The Hall–Kier alpha value is -1.65. The molecular formula is C16H19Cl2N4+. The summed E-state index contributed by atoms with van der Waals surface area (Å²) in [6.07, 6.45) is 3.73. The van der Waals surface area contributed by atoms with Gasteiger partial charge >= 0.3 is 0 Å². The highest BCUT2D eigenvalue weighted by molar-refractivity contribution is 6.35. The fourth-order valence-electron chi connectivity index (χ4n) is 2.06. The van der Waals surface area contributed by atoms with Gasteiger partial charge in [-0.3, -0.25) is 0 Å². The average Bonchev–Trinajstić information content (AvgIpc) is 2.84. The first-order valence-corrected chi connectivity index (χ1v) is 7.94. The monoisotopic (exact) mass is 337 g/mol. The van der Waals surface area contributed by atoms with Crippen molar-refractivity contribution in [3.05, 3.63) is 40.0 Å². The van der Waals surface area contributed by atoms with Gasteiger partial charge in [0.1, 0.15) is 13.1 Å². The summed E-state index contributed by atoms with van der Waals surface area (Å²) in [6, 6.07) is 7.26. The van der Waals surface area contributed by atoms with E-state index in [-0.39, 0.29) is 0 Å². The fraction of sp³-hybridized carbons (Fsp3) is 0.312. The maximum Gasteiger partial charge on any atom is 0.181 e. The van der Waals surface area contributed by atoms with E-state index in [0.29, 0.717) is 15.9 Å². The molecule has 0 radical (unpaired) electrons. The summed E-state index contributed by atoms with van der Waals surface area (Å²) in [5.41, 5.74) is 1.75. The van der Waals surface area contributed by atoms with Gasteiger partial charge in [0.15, 0.2) is 12.0 Å². The topological polar surface area (TPSA) is 33.2 Å². The highest BCUT2D eigenvalue weighted by atomic mass is 35.5. The van der Waals surface area contributed by atoms with Crippen LogP contribution in [0.25, 0.3) is 5.69 Å². The van der Waals surface area contributed by atoms with Crippen LogP contribution < -0.4 is 0 Å². The number of hydrogen-bond donors (Lipinski definition) is 0. The van der Waals surface area contributed by atoms with Crippen LogP contribution in [0.4, 0.5) is 5.82 Å². The van der Waals surface area contributed by atoms with Crippen molar-refractivity contribution in [3.63, 3.8) is 0 Å². The minimum atomic E-state index is 0.559. The molecule has 1 aromatic heterocycles. The Morgan fingerprint density at radius 3 is 2.59 bits per heavy atom. The molecule has 0 N–H and O–H groups in total. The first kappa shape index (κ1) is 16.7. The van der Waals surface area contributed by atoms with Crippen molar-refractivity contribution >= 4 is 41.4 Å². The van der Waals surface area contributed by atoms with Gasteiger partial charge < -0.3 is 0 Å². The Labute approximate surface area is 140 Å². The summed E-state index contributed by atoms with van der Waals surface area (Å²) >= 11 is 12.2. The number of rotatable bonds is 5. The Kier molecular flexibility index (Phi) is 5.75.